The van der Waals surface area contributed by atoms with Crippen LogP contribution in [0.1, 0.15) is 37.9 Å². The maximum absolute atomic E-state index is 14.1. The van der Waals surface area contributed by atoms with Gasteiger partial charge in [-0.1, -0.05) is 39.4 Å². The molecule has 0 radical (unpaired) electrons. The molecule has 0 amide bonds. The van der Waals surface area contributed by atoms with Crippen molar-refractivity contribution in [2.24, 2.45) is 4.99 Å². The van der Waals surface area contributed by atoms with Crippen molar-refractivity contribution in [3.05, 3.63) is 83.0 Å². The van der Waals surface area contributed by atoms with E-state index in [2.05, 4.69) is 20.9 Å². The molecule has 1 aliphatic heterocycles. The van der Waals surface area contributed by atoms with Gasteiger partial charge in [-0.3, -0.25) is 9.36 Å². The molecule has 1 aromatic heterocycles. The molecule has 11 heteroatoms. The second-order valence-corrected chi connectivity index (χ2v) is 10.6. The molecule has 0 aliphatic carbocycles. The van der Waals surface area contributed by atoms with Gasteiger partial charge in [-0.05, 0) is 51.1 Å². The van der Waals surface area contributed by atoms with E-state index in [0.717, 1.165) is 10.0 Å². The molecule has 3 aromatic rings. The zero-order valence-corrected chi connectivity index (χ0v) is 25.4. The fourth-order valence-corrected chi connectivity index (χ4v) is 5.86. The third-order valence-electron chi connectivity index (χ3n) is 6.13. The van der Waals surface area contributed by atoms with Gasteiger partial charge in [0.2, 0.25) is 0 Å². The van der Waals surface area contributed by atoms with Gasteiger partial charge in [0.1, 0.15) is 18.4 Å². The number of halogens is 1. The summed E-state index contributed by atoms with van der Waals surface area (Å²) >= 11 is 4.74. The van der Waals surface area contributed by atoms with Crippen LogP contribution in [0.5, 0.6) is 17.2 Å². The average Bonchev–Trinajstić information content (AvgIpc) is 3.24. The van der Waals surface area contributed by atoms with Gasteiger partial charge in [-0.15, -0.1) is 0 Å². The molecular formula is C29H31BrN2O7S. The lowest BCUT2D eigenvalue weighted by atomic mass is 9.94. The number of para-hydroxylation sites is 1. The molecule has 212 valence electrons. The fraction of sp³-hybridized carbons (Fsp3) is 0.345. The quantitative estimate of drug-likeness (QED) is 0.233. The predicted molar refractivity (Wildman–Crippen MR) is 156 cm³/mol. The van der Waals surface area contributed by atoms with Gasteiger partial charge in [0.05, 0.1) is 42.7 Å². The second kappa shape index (κ2) is 13.3. The molecule has 40 heavy (non-hydrogen) atoms. The number of carbonyl (C=O) groups excluding carboxylic acids is 1. The van der Waals surface area contributed by atoms with E-state index < -0.39 is 12.0 Å². The van der Waals surface area contributed by atoms with Crippen LogP contribution in [0.15, 0.2) is 61.9 Å². The summed E-state index contributed by atoms with van der Waals surface area (Å²) in [5.74, 6) is 0.986. The van der Waals surface area contributed by atoms with E-state index >= 15 is 0 Å². The summed E-state index contributed by atoms with van der Waals surface area (Å²) < 4.78 is 30.7. The first-order valence-corrected chi connectivity index (χ1v) is 14.4. The number of nitrogens with zero attached hydrogens (tertiary/aromatic N) is 2. The Morgan fingerprint density at radius 1 is 1.10 bits per heavy atom. The molecule has 0 unspecified atom stereocenters. The lowest BCUT2D eigenvalue weighted by molar-refractivity contribution is -0.140. The Labute approximate surface area is 244 Å². The highest BCUT2D eigenvalue weighted by Gasteiger charge is 2.36. The molecule has 0 bridgehead atoms. The number of aromatic nitrogens is 1. The minimum atomic E-state index is -0.862. The Hall–Kier alpha value is -3.41. The Balaban J connectivity index is 1.98. The molecule has 2 aromatic carbocycles. The fourth-order valence-electron chi connectivity index (χ4n) is 4.44. The highest BCUT2D eigenvalue weighted by atomic mass is 79.9. The number of allylic oxidation sites excluding steroid dienone is 1. The van der Waals surface area contributed by atoms with Crippen molar-refractivity contribution in [2.75, 3.05) is 40.6 Å². The summed E-state index contributed by atoms with van der Waals surface area (Å²) in [6.07, 6.45) is 1.78. The van der Waals surface area contributed by atoms with Crippen molar-refractivity contribution in [1.82, 2.24) is 4.57 Å². The number of esters is 1. The maximum Gasteiger partial charge on any atom is 0.338 e. The Kier molecular flexibility index (Phi) is 9.83. The van der Waals surface area contributed by atoms with E-state index in [1.54, 1.807) is 32.2 Å². The Morgan fingerprint density at radius 2 is 1.88 bits per heavy atom. The van der Waals surface area contributed by atoms with Crippen LogP contribution in [0.4, 0.5) is 0 Å². The van der Waals surface area contributed by atoms with Gasteiger partial charge in [0, 0.05) is 22.7 Å². The monoisotopic (exact) mass is 630 g/mol. The lowest BCUT2D eigenvalue weighted by Crippen LogP contribution is -2.40. The van der Waals surface area contributed by atoms with Crippen LogP contribution >= 0.6 is 27.3 Å². The molecule has 2 heterocycles. The van der Waals surface area contributed by atoms with Crippen molar-refractivity contribution in [3.8, 4) is 17.2 Å². The summed E-state index contributed by atoms with van der Waals surface area (Å²) in [5, 5.41) is 0. The first kappa shape index (κ1) is 29.6. The molecular weight excluding hydrogens is 600 g/mol. The number of rotatable bonds is 11. The van der Waals surface area contributed by atoms with Gasteiger partial charge < -0.3 is 23.7 Å². The number of carbonyl (C=O) groups is 1. The number of methoxy groups -OCH3 is 2. The van der Waals surface area contributed by atoms with Crippen molar-refractivity contribution in [2.45, 2.75) is 26.8 Å². The molecule has 0 N–H and O–H groups in total. The third kappa shape index (κ3) is 6.01. The standard InChI is InChI=1S/C29H31BrN2O7S/c1-6-37-21-12-11-19(30)15-18(21)16-23-27(33)32-25(20-9-8-10-22(36-5)26(20)38-7-2)24(17(3)31-29(32)40-23)28(34)39-14-13-35-4/h8-12,15-16,25H,6-7,13-14H2,1-5H3/b23-16+/t25-/m0/s1. The lowest BCUT2D eigenvalue weighted by Gasteiger charge is -2.27. The van der Waals surface area contributed by atoms with E-state index in [1.807, 2.05) is 38.1 Å². The number of hydrogen-bond donors (Lipinski definition) is 0. The van der Waals surface area contributed by atoms with Crippen molar-refractivity contribution < 1.29 is 28.5 Å². The molecule has 9 nitrogen and oxygen atoms in total. The third-order valence-corrected chi connectivity index (χ3v) is 7.61. The highest BCUT2D eigenvalue weighted by molar-refractivity contribution is 9.10. The van der Waals surface area contributed by atoms with E-state index in [-0.39, 0.29) is 24.3 Å². The minimum Gasteiger partial charge on any atom is -0.493 e. The number of thiazole rings is 1. The van der Waals surface area contributed by atoms with E-state index in [4.69, 9.17) is 23.7 Å². The molecule has 0 saturated carbocycles. The van der Waals surface area contributed by atoms with Crippen molar-refractivity contribution in [1.29, 1.82) is 0 Å². The van der Waals surface area contributed by atoms with Crippen LogP contribution in [0, 0.1) is 0 Å². The summed E-state index contributed by atoms with van der Waals surface area (Å²) in [6, 6.07) is 10.1. The van der Waals surface area contributed by atoms with E-state index in [1.165, 1.54) is 23.0 Å². The molecule has 0 spiro atoms. The number of hydrogen-bond acceptors (Lipinski definition) is 9. The molecule has 4 rings (SSSR count). The van der Waals surface area contributed by atoms with E-state index in [9.17, 15) is 9.59 Å². The SMILES string of the molecule is CCOc1ccc(Br)cc1/C=c1/sc2n(c1=O)[C@@H](c1cccc(OC)c1OCC)C(C(=O)OCCOC)=C(C)N=2. The van der Waals surface area contributed by atoms with Crippen LogP contribution < -0.4 is 29.1 Å². The normalized spacial score (nSPS) is 14.9. The average molecular weight is 632 g/mol. The first-order chi connectivity index (χ1) is 19.3. The zero-order valence-electron chi connectivity index (χ0n) is 23.0. The first-order valence-electron chi connectivity index (χ1n) is 12.7. The Morgan fingerprint density at radius 3 is 2.58 bits per heavy atom. The minimum absolute atomic E-state index is 0.0583. The van der Waals surface area contributed by atoms with Crippen LogP contribution in [0.2, 0.25) is 0 Å². The van der Waals surface area contributed by atoms with Crippen LogP contribution in [0.3, 0.4) is 0 Å². The van der Waals surface area contributed by atoms with Crippen LogP contribution in [0.25, 0.3) is 6.08 Å². The van der Waals surface area contributed by atoms with Crippen LogP contribution in [-0.4, -0.2) is 51.2 Å². The molecule has 1 atom stereocenters. The molecule has 1 aliphatic rings. The summed E-state index contributed by atoms with van der Waals surface area (Å²) in [7, 11) is 3.07. The van der Waals surface area contributed by atoms with E-state index in [0.29, 0.717) is 51.1 Å². The topological polar surface area (TPSA) is 97.6 Å². The van der Waals surface area contributed by atoms with Gasteiger partial charge in [-0.25, -0.2) is 9.79 Å². The summed E-state index contributed by atoms with van der Waals surface area (Å²) in [4.78, 5) is 32.6. The van der Waals surface area contributed by atoms with Crippen LogP contribution in [-0.2, 0) is 14.3 Å². The maximum atomic E-state index is 14.1. The summed E-state index contributed by atoms with van der Waals surface area (Å²) in [6.45, 7) is 6.63. The zero-order chi connectivity index (χ0) is 28.8. The predicted octanol–water partition coefficient (Wildman–Crippen LogP) is 3.99. The number of fused-ring (bicyclic) bond motifs is 1. The van der Waals surface area contributed by atoms with Gasteiger partial charge >= 0.3 is 5.97 Å². The molecule has 0 fully saturated rings. The second-order valence-electron chi connectivity index (χ2n) is 8.64. The van der Waals surface area contributed by atoms with Gasteiger partial charge in [-0.2, -0.15) is 0 Å². The number of ether oxygens (including phenoxy) is 5. The summed E-state index contributed by atoms with van der Waals surface area (Å²) in [5.41, 5.74) is 1.70. The highest BCUT2D eigenvalue weighted by Crippen LogP contribution is 2.40. The van der Waals surface area contributed by atoms with Gasteiger partial charge in [0.25, 0.3) is 5.56 Å². The van der Waals surface area contributed by atoms with Crippen molar-refractivity contribution in [3.63, 3.8) is 0 Å². The number of benzene rings is 2. The largest absolute Gasteiger partial charge is 0.493 e. The Bertz CT molecular complexity index is 1610. The smallest absolute Gasteiger partial charge is 0.338 e. The van der Waals surface area contributed by atoms with Crippen molar-refractivity contribution >= 4 is 39.3 Å². The molecule has 0 saturated heterocycles. The van der Waals surface area contributed by atoms with Gasteiger partial charge in [0.15, 0.2) is 16.3 Å².